The monoisotopic (exact) mass is 362 g/mol. The third-order valence-electron chi connectivity index (χ3n) is 4.63. The van der Waals surface area contributed by atoms with Gasteiger partial charge in [0.25, 0.3) is 5.89 Å². The highest BCUT2D eigenvalue weighted by Gasteiger charge is 2.18. The van der Waals surface area contributed by atoms with Crippen molar-refractivity contribution in [1.29, 1.82) is 0 Å². The molecule has 1 aliphatic carbocycles. The van der Waals surface area contributed by atoms with Crippen LogP contribution in [0.3, 0.4) is 0 Å². The molecule has 0 spiro atoms. The van der Waals surface area contributed by atoms with Crippen molar-refractivity contribution < 1.29 is 4.42 Å². The van der Waals surface area contributed by atoms with Gasteiger partial charge in [0.1, 0.15) is 0 Å². The number of nitrogens with one attached hydrogen (secondary N) is 1. The minimum Gasteiger partial charge on any atom is -0.414 e. The minimum atomic E-state index is 0.285. The van der Waals surface area contributed by atoms with E-state index in [-0.39, 0.29) is 11.7 Å². The molecule has 1 aromatic carbocycles. The number of nitrogens with zero attached hydrogens (tertiary/aromatic N) is 4. The molecule has 27 heavy (non-hydrogen) atoms. The van der Waals surface area contributed by atoms with Gasteiger partial charge in [-0.2, -0.15) is 0 Å². The van der Waals surface area contributed by atoms with E-state index in [9.17, 15) is 0 Å². The van der Waals surface area contributed by atoms with Crippen LogP contribution in [0.15, 0.2) is 41.0 Å². The molecule has 7 heteroatoms. The Labute approximate surface area is 157 Å². The standard InChI is InChI=1S/C20H22N6O/c1-22-11-13-7-9-15(10-8-13)19-25-26-20(27-19)17-18(21)23-12-16(24-17)14-5-3-2-4-6-14/h5,7-10,12,22H,2-4,6,11H2,1H3,(H2,21,23). The Morgan fingerprint density at radius 3 is 2.67 bits per heavy atom. The van der Waals surface area contributed by atoms with Crippen LogP contribution in [0.2, 0.25) is 0 Å². The van der Waals surface area contributed by atoms with Crippen molar-refractivity contribution in [3.05, 3.63) is 47.8 Å². The van der Waals surface area contributed by atoms with Crippen LogP contribution in [0.1, 0.15) is 36.9 Å². The van der Waals surface area contributed by atoms with Crippen LogP contribution in [0.4, 0.5) is 5.82 Å². The second kappa shape index (κ2) is 7.67. The number of benzene rings is 1. The van der Waals surface area contributed by atoms with Gasteiger partial charge in [-0.1, -0.05) is 18.2 Å². The summed E-state index contributed by atoms with van der Waals surface area (Å²) < 4.78 is 5.84. The van der Waals surface area contributed by atoms with Crippen LogP contribution in [-0.4, -0.2) is 27.2 Å². The van der Waals surface area contributed by atoms with Gasteiger partial charge in [0.15, 0.2) is 11.5 Å². The second-order valence-corrected chi connectivity index (χ2v) is 6.60. The predicted molar refractivity (Wildman–Crippen MR) is 104 cm³/mol. The molecule has 0 saturated carbocycles. The lowest BCUT2D eigenvalue weighted by atomic mass is 9.97. The first-order valence-electron chi connectivity index (χ1n) is 9.14. The van der Waals surface area contributed by atoms with E-state index in [0.717, 1.165) is 30.6 Å². The summed E-state index contributed by atoms with van der Waals surface area (Å²) in [7, 11) is 1.92. The van der Waals surface area contributed by atoms with E-state index >= 15 is 0 Å². The van der Waals surface area contributed by atoms with Crippen molar-refractivity contribution >= 4 is 11.4 Å². The molecule has 138 valence electrons. The third kappa shape index (κ3) is 3.73. The van der Waals surface area contributed by atoms with Crippen molar-refractivity contribution in [2.45, 2.75) is 32.2 Å². The van der Waals surface area contributed by atoms with Crippen molar-refractivity contribution in [2.75, 3.05) is 12.8 Å². The summed E-state index contributed by atoms with van der Waals surface area (Å²) in [4.78, 5) is 8.94. The van der Waals surface area contributed by atoms with Crippen LogP contribution in [0, 0.1) is 0 Å². The SMILES string of the molecule is CNCc1ccc(-c2nnc(-c3nc(C4=CCCCC4)cnc3N)o2)cc1. The van der Waals surface area contributed by atoms with Crippen LogP contribution in [0.5, 0.6) is 0 Å². The summed E-state index contributed by atoms with van der Waals surface area (Å²) in [5, 5.41) is 11.4. The lowest BCUT2D eigenvalue weighted by Crippen LogP contribution is -2.04. The van der Waals surface area contributed by atoms with E-state index in [2.05, 4.69) is 31.6 Å². The number of allylic oxidation sites excluding steroid dienone is 2. The van der Waals surface area contributed by atoms with Gasteiger partial charge in [0.05, 0.1) is 11.9 Å². The fourth-order valence-corrected chi connectivity index (χ4v) is 3.19. The fraction of sp³-hybridized carbons (Fsp3) is 0.300. The Bertz CT molecular complexity index is 961. The van der Waals surface area contributed by atoms with Gasteiger partial charge in [0, 0.05) is 12.1 Å². The molecule has 2 aromatic heterocycles. The maximum Gasteiger partial charge on any atom is 0.270 e. The molecule has 2 heterocycles. The van der Waals surface area contributed by atoms with E-state index in [4.69, 9.17) is 10.2 Å². The summed E-state index contributed by atoms with van der Waals surface area (Å²) in [5.74, 6) is 1.01. The number of rotatable bonds is 5. The molecule has 0 atom stereocenters. The largest absolute Gasteiger partial charge is 0.414 e. The predicted octanol–water partition coefficient (Wildman–Crippen LogP) is 3.45. The number of nitrogen functional groups attached to an aromatic ring is 1. The number of anilines is 1. The van der Waals surface area contributed by atoms with Crippen LogP contribution < -0.4 is 11.1 Å². The number of hydrogen-bond donors (Lipinski definition) is 2. The Balaban J connectivity index is 1.63. The van der Waals surface area contributed by atoms with Gasteiger partial charge < -0.3 is 15.5 Å². The van der Waals surface area contributed by atoms with Gasteiger partial charge in [-0.15, -0.1) is 10.2 Å². The molecule has 0 bridgehead atoms. The normalized spacial score (nSPS) is 14.2. The van der Waals surface area contributed by atoms with Crippen molar-refractivity contribution in [1.82, 2.24) is 25.5 Å². The topological polar surface area (TPSA) is 103 Å². The average Bonchev–Trinajstić information content (AvgIpc) is 3.20. The Morgan fingerprint density at radius 2 is 1.93 bits per heavy atom. The van der Waals surface area contributed by atoms with Gasteiger partial charge in [-0.25, -0.2) is 9.97 Å². The van der Waals surface area contributed by atoms with Crippen LogP contribution in [-0.2, 0) is 6.54 Å². The lowest BCUT2D eigenvalue weighted by Gasteiger charge is -2.12. The van der Waals surface area contributed by atoms with E-state index in [1.54, 1.807) is 6.20 Å². The average molecular weight is 362 g/mol. The summed E-state index contributed by atoms with van der Waals surface area (Å²) in [5.41, 5.74) is 10.5. The van der Waals surface area contributed by atoms with Crippen molar-refractivity contribution in [3.8, 4) is 23.0 Å². The molecule has 4 rings (SSSR count). The summed E-state index contributed by atoms with van der Waals surface area (Å²) in [6.07, 6.45) is 8.41. The maximum absolute atomic E-state index is 6.02. The zero-order chi connectivity index (χ0) is 18.6. The summed E-state index contributed by atoms with van der Waals surface area (Å²) >= 11 is 0. The first-order valence-corrected chi connectivity index (χ1v) is 9.14. The molecule has 3 N–H and O–H groups in total. The maximum atomic E-state index is 6.02. The molecule has 0 amide bonds. The highest BCUT2D eigenvalue weighted by atomic mass is 16.4. The molecule has 0 unspecified atom stereocenters. The zero-order valence-electron chi connectivity index (χ0n) is 15.3. The first kappa shape index (κ1) is 17.4. The fourth-order valence-electron chi connectivity index (χ4n) is 3.19. The van der Waals surface area contributed by atoms with E-state index in [1.165, 1.54) is 24.0 Å². The van der Waals surface area contributed by atoms with Gasteiger partial charge in [0.2, 0.25) is 5.89 Å². The van der Waals surface area contributed by atoms with E-state index in [1.807, 2.05) is 31.3 Å². The Hall–Kier alpha value is -3.06. The molecule has 0 radical (unpaired) electrons. The van der Waals surface area contributed by atoms with Crippen LogP contribution >= 0.6 is 0 Å². The minimum absolute atomic E-state index is 0.285. The smallest absolute Gasteiger partial charge is 0.270 e. The van der Waals surface area contributed by atoms with Gasteiger partial charge in [-0.3, -0.25) is 0 Å². The van der Waals surface area contributed by atoms with Crippen LogP contribution in [0.25, 0.3) is 28.6 Å². The van der Waals surface area contributed by atoms with Crippen molar-refractivity contribution in [2.24, 2.45) is 0 Å². The molecule has 0 aliphatic heterocycles. The molecular weight excluding hydrogens is 340 g/mol. The van der Waals surface area contributed by atoms with Crippen molar-refractivity contribution in [3.63, 3.8) is 0 Å². The van der Waals surface area contributed by atoms with Gasteiger partial charge in [-0.05, 0) is 56.0 Å². The quantitative estimate of drug-likeness (QED) is 0.716. The van der Waals surface area contributed by atoms with E-state index in [0.29, 0.717) is 11.6 Å². The second-order valence-electron chi connectivity index (χ2n) is 6.60. The Morgan fingerprint density at radius 1 is 1.11 bits per heavy atom. The van der Waals surface area contributed by atoms with Gasteiger partial charge >= 0.3 is 0 Å². The molecule has 0 fully saturated rings. The molecule has 3 aromatic rings. The highest BCUT2D eigenvalue weighted by Crippen LogP contribution is 2.29. The molecule has 0 saturated heterocycles. The first-order chi connectivity index (χ1) is 13.2. The molecular formula is C20H22N6O. The third-order valence-corrected chi connectivity index (χ3v) is 4.63. The number of hydrogen-bond acceptors (Lipinski definition) is 7. The Kier molecular flexibility index (Phi) is 4.93. The molecule has 1 aliphatic rings. The molecule has 7 nitrogen and oxygen atoms in total. The summed E-state index contributed by atoms with van der Waals surface area (Å²) in [6, 6.07) is 7.98. The lowest BCUT2D eigenvalue weighted by molar-refractivity contribution is 0.582. The number of nitrogens with two attached hydrogens (primary N) is 1. The van der Waals surface area contributed by atoms with E-state index < -0.39 is 0 Å². The highest BCUT2D eigenvalue weighted by molar-refractivity contribution is 5.69. The summed E-state index contributed by atoms with van der Waals surface area (Å²) in [6.45, 7) is 0.810. The number of aromatic nitrogens is 4. The zero-order valence-corrected chi connectivity index (χ0v) is 15.3.